The van der Waals surface area contributed by atoms with E-state index in [9.17, 15) is 0 Å². The molecule has 0 aliphatic rings. The summed E-state index contributed by atoms with van der Waals surface area (Å²) in [5.74, 6) is 0.612. The average Bonchev–Trinajstić information content (AvgIpc) is 2.63. The maximum absolute atomic E-state index is 5.53. The van der Waals surface area contributed by atoms with Gasteiger partial charge in [0.25, 0.3) is 0 Å². The number of hydrogen-bond donors (Lipinski definition) is 0. The first kappa shape index (κ1) is 31.1. The van der Waals surface area contributed by atoms with Crippen LogP contribution in [0.4, 0.5) is 0 Å². The van der Waals surface area contributed by atoms with E-state index in [-0.39, 0.29) is 11.0 Å². The molecular weight excluding hydrogens is 358 g/mol. The van der Waals surface area contributed by atoms with Crippen LogP contribution in [0.15, 0.2) is 30.3 Å². The number of benzene rings is 1. The van der Waals surface area contributed by atoms with E-state index in [0.717, 1.165) is 0 Å². The van der Waals surface area contributed by atoms with Crippen LogP contribution in [0.5, 0.6) is 0 Å². The fraction of sp³-hybridized carbons (Fsp3) is 0.739. The van der Waals surface area contributed by atoms with E-state index in [2.05, 4.69) is 25.9 Å². The fourth-order valence-corrected chi connectivity index (χ4v) is 3.01. The highest BCUT2D eigenvalue weighted by Gasteiger charge is 1.94. The molecule has 1 aromatic rings. The standard InChI is InChI=1S/C16H35N.C7H7Cl.2H2O/c1-4-5-6-7-8-9-10-11-12-13-14-15-16-17(2)3;8-6-7-4-2-1-3-5-7;;/h4-16H2,1-3H3;1-5H,6H2;2*1H2. The number of rotatable bonds is 14. The van der Waals surface area contributed by atoms with E-state index in [1.165, 1.54) is 89.2 Å². The molecule has 0 aromatic heterocycles. The summed E-state index contributed by atoms with van der Waals surface area (Å²) in [5.41, 5.74) is 1.18. The fourth-order valence-electron chi connectivity index (χ4n) is 2.84. The van der Waals surface area contributed by atoms with Crippen molar-refractivity contribution in [3.05, 3.63) is 35.9 Å². The van der Waals surface area contributed by atoms with Crippen molar-refractivity contribution < 1.29 is 11.0 Å². The lowest BCUT2D eigenvalue weighted by atomic mass is 10.1. The average molecular weight is 404 g/mol. The molecule has 162 valence electrons. The van der Waals surface area contributed by atoms with Gasteiger partial charge in [0, 0.05) is 5.88 Å². The summed E-state index contributed by atoms with van der Waals surface area (Å²) in [6.45, 7) is 3.55. The molecular formula is C23H46ClNO2. The van der Waals surface area contributed by atoms with E-state index < -0.39 is 0 Å². The van der Waals surface area contributed by atoms with Gasteiger partial charge < -0.3 is 15.9 Å². The number of hydrogen-bond acceptors (Lipinski definition) is 1. The Morgan fingerprint density at radius 2 is 1.07 bits per heavy atom. The van der Waals surface area contributed by atoms with Crippen molar-refractivity contribution in [3.8, 4) is 0 Å². The smallest absolute Gasteiger partial charge is 0.0474 e. The molecule has 0 fully saturated rings. The molecule has 0 spiro atoms. The van der Waals surface area contributed by atoms with Crippen LogP contribution in [-0.2, 0) is 5.88 Å². The van der Waals surface area contributed by atoms with Crippen molar-refractivity contribution in [3.63, 3.8) is 0 Å². The van der Waals surface area contributed by atoms with Gasteiger partial charge in [-0.1, -0.05) is 108 Å². The lowest BCUT2D eigenvalue weighted by Crippen LogP contribution is -2.12. The quantitative estimate of drug-likeness (QED) is 0.276. The van der Waals surface area contributed by atoms with Gasteiger partial charge in [-0.2, -0.15) is 0 Å². The zero-order chi connectivity index (χ0) is 18.6. The first-order valence-electron chi connectivity index (χ1n) is 10.4. The molecule has 0 radical (unpaired) electrons. The van der Waals surface area contributed by atoms with E-state index in [1.54, 1.807) is 0 Å². The van der Waals surface area contributed by atoms with Gasteiger partial charge >= 0.3 is 0 Å². The largest absolute Gasteiger partial charge is 0.412 e. The Morgan fingerprint density at radius 3 is 1.41 bits per heavy atom. The lowest BCUT2D eigenvalue weighted by molar-refractivity contribution is 0.389. The second-order valence-electron chi connectivity index (χ2n) is 7.31. The summed E-state index contributed by atoms with van der Waals surface area (Å²) in [5, 5.41) is 0. The van der Waals surface area contributed by atoms with Crippen LogP contribution < -0.4 is 0 Å². The number of unbranched alkanes of at least 4 members (excludes halogenated alkanes) is 11. The lowest BCUT2D eigenvalue weighted by Gasteiger charge is -2.08. The van der Waals surface area contributed by atoms with Crippen molar-refractivity contribution in [2.24, 2.45) is 0 Å². The monoisotopic (exact) mass is 403 g/mol. The van der Waals surface area contributed by atoms with E-state index in [0.29, 0.717) is 5.88 Å². The molecule has 0 amide bonds. The van der Waals surface area contributed by atoms with E-state index in [4.69, 9.17) is 11.6 Å². The summed E-state index contributed by atoms with van der Waals surface area (Å²) in [6, 6.07) is 9.96. The van der Waals surface area contributed by atoms with Gasteiger partial charge in [0.2, 0.25) is 0 Å². The number of nitrogens with zero attached hydrogens (tertiary/aromatic N) is 1. The Morgan fingerprint density at radius 1 is 0.667 bits per heavy atom. The van der Waals surface area contributed by atoms with E-state index in [1.807, 2.05) is 30.3 Å². The molecule has 0 atom stereocenters. The summed E-state index contributed by atoms with van der Waals surface area (Å²) in [4.78, 5) is 2.29. The second-order valence-corrected chi connectivity index (χ2v) is 7.58. The zero-order valence-electron chi connectivity index (χ0n) is 18.1. The third-order valence-electron chi connectivity index (χ3n) is 4.46. The van der Waals surface area contributed by atoms with Crippen LogP contribution >= 0.6 is 11.6 Å². The molecule has 3 nitrogen and oxygen atoms in total. The molecule has 0 saturated heterocycles. The van der Waals surface area contributed by atoms with Gasteiger partial charge in [0.1, 0.15) is 0 Å². The normalized spacial score (nSPS) is 9.81. The maximum atomic E-state index is 5.53. The highest BCUT2D eigenvalue weighted by atomic mass is 35.5. The molecule has 1 aromatic carbocycles. The molecule has 1 rings (SSSR count). The van der Waals surface area contributed by atoms with Crippen molar-refractivity contribution >= 4 is 11.6 Å². The topological polar surface area (TPSA) is 66.2 Å². The SMILES string of the molecule is CCCCCCCCCCCCCCN(C)C.ClCc1ccccc1.O.O. The first-order chi connectivity index (χ1) is 12.2. The molecule has 0 bridgehead atoms. The summed E-state index contributed by atoms with van der Waals surface area (Å²) in [7, 11) is 4.33. The third-order valence-corrected chi connectivity index (χ3v) is 4.76. The Bertz CT molecular complexity index is 361. The van der Waals surface area contributed by atoms with Gasteiger partial charge in [-0.15, -0.1) is 11.6 Å². The van der Waals surface area contributed by atoms with Gasteiger partial charge in [0.15, 0.2) is 0 Å². The Labute approximate surface area is 174 Å². The van der Waals surface area contributed by atoms with Crippen LogP contribution in [0.3, 0.4) is 0 Å². The summed E-state index contributed by atoms with van der Waals surface area (Å²) in [6.07, 6.45) is 17.3. The van der Waals surface area contributed by atoms with Crippen LogP contribution in [0.1, 0.15) is 89.5 Å². The molecule has 0 aliphatic carbocycles. The molecule has 0 aliphatic heterocycles. The Hall–Kier alpha value is -0.610. The Kier molecular flexibility index (Phi) is 29.2. The second kappa shape index (κ2) is 25.4. The van der Waals surface area contributed by atoms with Crippen LogP contribution in [0.2, 0.25) is 0 Å². The molecule has 0 unspecified atom stereocenters. The minimum atomic E-state index is 0. The highest BCUT2D eigenvalue weighted by Crippen LogP contribution is 2.11. The summed E-state index contributed by atoms with van der Waals surface area (Å²) < 4.78 is 0. The van der Waals surface area contributed by atoms with E-state index >= 15 is 0 Å². The summed E-state index contributed by atoms with van der Waals surface area (Å²) >= 11 is 5.53. The molecule has 4 N–H and O–H groups in total. The minimum absolute atomic E-state index is 0. The first-order valence-corrected chi connectivity index (χ1v) is 11.0. The van der Waals surface area contributed by atoms with Gasteiger partial charge in [-0.25, -0.2) is 0 Å². The Balaban J connectivity index is -0.000000485. The highest BCUT2D eigenvalue weighted by molar-refractivity contribution is 6.17. The molecule has 0 saturated carbocycles. The predicted molar refractivity (Wildman–Crippen MR) is 123 cm³/mol. The van der Waals surface area contributed by atoms with Crippen LogP contribution in [-0.4, -0.2) is 36.5 Å². The number of halogens is 1. The molecule has 4 heteroatoms. The molecule has 27 heavy (non-hydrogen) atoms. The van der Waals surface area contributed by atoms with Crippen molar-refractivity contribution in [2.75, 3.05) is 20.6 Å². The van der Waals surface area contributed by atoms with Crippen molar-refractivity contribution in [1.82, 2.24) is 4.90 Å². The van der Waals surface area contributed by atoms with Crippen LogP contribution in [0, 0.1) is 0 Å². The molecule has 0 heterocycles. The zero-order valence-corrected chi connectivity index (χ0v) is 18.9. The van der Waals surface area contributed by atoms with Crippen molar-refractivity contribution in [1.29, 1.82) is 0 Å². The maximum Gasteiger partial charge on any atom is 0.0474 e. The third kappa shape index (κ3) is 25.4. The number of alkyl halides is 1. The van der Waals surface area contributed by atoms with Gasteiger partial charge in [-0.05, 0) is 32.6 Å². The van der Waals surface area contributed by atoms with Gasteiger partial charge in [-0.3, -0.25) is 0 Å². The predicted octanol–water partition coefficient (Wildman–Crippen LogP) is 6.03. The van der Waals surface area contributed by atoms with Crippen LogP contribution in [0.25, 0.3) is 0 Å². The van der Waals surface area contributed by atoms with Gasteiger partial charge in [0.05, 0.1) is 0 Å². The van der Waals surface area contributed by atoms with Crippen molar-refractivity contribution in [2.45, 2.75) is 89.9 Å². The minimum Gasteiger partial charge on any atom is -0.412 e.